The fraction of sp³-hybridized carbons (Fsp3) is 0.696. The minimum atomic E-state index is -1.06. The van der Waals surface area contributed by atoms with Gasteiger partial charge in [-0.3, -0.25) is 19.2 Å². The first kappa shape index (κ1) is 30.4. The number of nitrogens with two attached hydrogens (primary N) is 1. The number of imidazole rings is 1. The molecule has 1 heterocycles. The van der Waals surface area contributed by atoms with E-state index in [1.807, 2.05) is 6.92 Å². The first-order valence-corrected chi connectivity index (χ1v) is 11.8. The molecular formula is C23H38N5O7. The lowest BCUT2D eigenvalue weighted by atomic mass is 9.85. The number of primary amides is 1. The number of nitrogens with zero attached hydrogens (tertiary/aromatic N) is 1. The zero-order valence-corrected chi connectivity index (χ0v) is 20.3. The second-order valence-corrected chi connectivity index (χ2v) is 8.25. The van der Waals surface area contributed by atoms with E-state index in [0.717, 1.165) is 0 Å². The summed E-state index contributed by atoms with van der Waals surface area (Å²) in [6.45, 7) is 2.96. The number of carbonyl (C=O) groups is 4. The van der Waals surface area contributed by atoms with Gasteiger partial charge in [0.1, 0.15) is 12.4 Å². The monoisotopic (exact) mass is 496 g/mol. The summed E-state index contributed by atoms with van der Waals surface area (Å²) >= 11 is 0. The van der Waals surface area contributed by atoms with Crippen LogP contribution in [0.4, 0.5) is 0 Å². The van der Waals surface area contributed by atoms with Crippen molar-refractivity contribution in [2.45, 2.75) is 51.5 Å². The summed E-state index contributed by atoms with van der Waals surface area (Å²) in [7, 11) is 0. The molecule has 0 unspecified atom stereocenters. The predicted molar refractivity (Wildman–Crippen MR) is 126 cm³/mol. The third-order valence-electron chi connectivity index (χ3n) is 5.45. The van der Waals surface area contributed by atoms with Gasteiger partial charge in [0.15, 0.2) is 5.78 Å². The Morgan fingerprint density at radius 2 is 1.86 bits per heavy atom. The summed E-state index contributed by atoms with van der Waals surface area (Å²) in [4.78, 5) is 55.4. The van der Waals surface area contributed by atoms with Crippen molar-refractivity contribution in [1.82, 2.24) is 21.0 Å². The van der Waals surface area contributed by atoms with Crippen LogP contribution in [0.15, 0.2) is 12.5 Å². The number of ether oxygens (including phenoxy) is 2. The number of H-pyrrole nitrogens is 1. The number of aromatic nitrogens is 2. The number of rotatable bonds is 21. The van der Waals surface area contributed by atoms with Gasteiger partial charge in [0.05, 0.1) is 38.1 Å². The molecule has 0 fully saturated rings. The standard InChI is InChI=1S/C23H38N5O7/c1-2-34-7-8-35-14-22(32)27-6-4-3-5-16(20(30)10-17(13-29)23(25)33)9-21(31)19(24)11-18-12-26-15-28-18/h12,15-17,19,24,29H,2-11,13-14H2,1H3,(H2,25,33)(H,26,28)(H,27,32)/t16-,17+,19+/m1/s1. The molecule has 0 aliphatic heterocycles. The Kier molecular flexibility index (Phi) is 15.4. The number of aromatic amines is 1. The Labute approximate surface area is 205 Å². The van der Waals surface area contributed by atoms with E-state index in [4.69, 9.17) is 20.9 Å². The molecule has 6 N–H and O–H groups in total. The van der Waals surface area contributed by atoms with E-state index in [9.17, 15) is 24.3 Å². The molecule has 12 nitrogen and oxygen atoms in total. The highest BCUT2D eigenvalue weighted by atomic mass is 16.5. The lowest BCUT2D eigenvalue weighted by Gasteiger charge is -2.19. The summed E-state index contributed by atoms with van der Waals surface area (Å²) in [5.74, 6) is -3.50. The van der Waals surface area contributed by atoms with Crippen molar-refractivity contribution in [3.8, 4) is 0 Å². The van der Waals surface area contributed by atoms with E-state index in [-0.39, 0.29) is 37.6 Å². The molecule has 1 aromatic heterocycles. The van der Waals surface area contributed by atoms with Gasteiger partial charge in [-0.15, -0.1) is 0 Å². The third-order valence-corrected chi connectivity index (χ3v) is 5.45. The number of amides is 2. The fourth-order valence-electron chi connectivity index (χ4n) is 3.38. The molecule has 0 saturated heterocycles. The van der Waals surface area contributed by atoms with E-state index >= 15 is 0 Å². The Morgan fingerprint density at radius 3 is 2.49 bits per heavy atom. The quantitative estimate of drug-likeness (QED) is 0.164. The molecule has 0 bridgehead atoms. The first-order valence-electron chi connectivity index (χ1n) is 11.8. The van der Waals surface area contributed by atoms with Crippen LogP contribution in [-0.2, 0) is 35.1 Å². The van der Waals surface area contributed by atoms with E-state index in [1.54, 1.807) is 0 Å². The molecule has 1 aromatic rings. The van der Waals surface area contributed by atoms with E-state index in [2.05, 4.69) is 15.3 Å². The molecule has 1 radical (unpaired) electrons. The van der Waals surface area contributed by atoms with Gasteiger partial charge in [-0.05, 0) is 19.8 Å². The number of carbonyl (C=O) groups excluding carboxylic acids is 4. The van der Waals surface area contributed by atoms with Crippen molar-refractivity contribution in [1.29, 1.82) is 0 Å². The topological polar surface area (TPSA) is 197 Å². The molecule has 35 heavy (non-hydrogen) atoms. The Balaban J connectivity index is 2.53. The van der Waals surface area contributed by atoms with Gasteiger partial charge < -0.3 is 30.6 Å². The van der Waals surface area contributed by atoms with Crippen LogP contribution in [0.5, 0.6) is 0 Å². The fourth-order valence-corrected chi connectivity index (χ4v) is 3.38. The third kappa shape index (κ3) is 13.1. The van der Waals surface area contributed by atoms with Crippen LogP contribution in [0.25, 0.3) is 0 Å². The number of hydrogen-bond acceptors (Lipinski definition) is 8. The van der Waals surface area contributed by atoms with Crippen molar-refractivity contribution in [2.75, 3.05) is 39.6 Å². The maximum atomic E-state index is 12.8. The lowest BCUT2D eigenvalue weighted by Crippen LogP contribution is -2.33. The number of ketones is 2. The van der Waals surface area contributed by atoms with Gasteiger partial charge in [-0.25, -0.2) is 10.7 Å². The Bertz CT molecular complexity index is 772. The molecule has 197 valence electrons. The van der Waals surface area contributed by atoms with Gasteiger partial charge in [0, 0.05) is 50.2 Å². The normalized spacial score (nSPS) is 13.7. The molecule has 3 atom stereocenters. The molecule has 2 amide bonds. The average molecular weight is 497 g/mol. The Morgan fingerprint density at radius 1 is 1.14 bits per heavy atom. The molecule has 12 heteroatoms. The van der Waals surface area contributed by atoms with Crippen LogP contribution in [0.1, 0.15) is 44.7 Å². The van der Waals surface area contributed by atoms with Crippen molar-refractivity contribution >= 4 is 23.4 Å². The van der Waals surface area contributed by atoms with Gasteiger partial charge >= 0.3 is 0 Å². The number of nitrogens with one attached hydrogen (secondary N) is 3. The van der Waals surface area contributed by atoms with E-state index in [0.29, 0.717) is 51.3 Å². The molecule has 0 aliphatic carbocycles. The largest absolute Gasteiger partial charge is 0.396 e. The highest BCUT2D eigenvalue weighted by Crippen LogP contribution is 2.20. The lowest BCUT2D eigenvalue weighted by molar-refractivity contribution is -0.132. The van der Waals surface area contributed by atoms with Crippen LogP contribution < -0.4 is 16.8 Å². The average Bonchev–Trinajstić information content (AvgIpc) is 3.33. The van der Waals surface area contributed by atoms with Crippen LogP contribution in [0.2, 0.25) is 0 Å². The minimum absolute atomic E-state index is 0.0699. The second-order valence-electron chi connectivity index (χ2n) is 8.25. The maximum Gasteiger partial charge on any atom is 0.245 e. The zero-order valence-electron chi connectivity index (χ0n) is 20.3. The summed E-state index contributed by atoms with van der Waals surface area (Å²) in [6.07, 6.45) is 4.20. The van der Waals surface area contributed by atoms with Gasteiger partial charge in [0.2, 0.25) is 11.8 Å². The van der Waals surface area contributed by atoms with E-state index < -0.39 is 36.2 Å². The van der Waals surface area contributed by atoms with Crippen molar-refractivity contribution in [3.63, 3.8) is 0 Å². The van der Waals surface area contributed by atoms with Crippen molar-refractivity contribution < 1.29 is 33.8 Å². The summed E-state index contributed by atoms with van der Waals surface area (Å²) < 4.78 is 10.3. The second kappa shape index (κ2) is 17.7. The van der Waals surface area contributed by atoms with Crippen LogP contribution in [0.3, 0.4) is 0 Å². The van der Waals surface area contributed by atoms with Crippen LogP contribution in [-0.4, -0.2) is 84.1 Å². The smallest absolute Gasteiger partial charge is 0.245 e. The summed E-state index contributed by atoms with van der Waals surface area (Å²) in [6, 6.07) is -1.06. The minimum Gasteiger partial charge on any atom is -0.396 e. The van der Waals surface area contributed by atoms with Crippen molar-refractivity contribution in [2.24, 2.45) is 17.6 Å². The molecular weight excluding hydrogens is 458 g/mol. The first-order chi connectivity index (χ1) is 16.8. The number of unbranched alkanes of at least 4 members (excludes halogenated alkanes) is 1. The summed E-state index contributed by atoms with van der Waals surface area (Å²) in [5.41, 5.74) is 14.0. The number of hydrogen-bond donors (Lipinski definition) is 4. The molecule has 0 aliphatic rings. The van der Waals surface area contributed by atoms with Gasteiger partial charge in [-0.1, -0.05) is 6.42 Å². The maximum absolute atomic E-state index is 12.8. The van der Waals surface area contributed by atoms with Gasteiger partial charge in [-0.2, -0.15) is 0 Å². The highest BCUT2D eigenvalue weighted by Gasteiger charge is 2.28. The highest BCUT2D eigenvalue weighted by molar-refractivity contribution is 5.92. The van der Waals surface area contributed by atoms with Crippen LogP contribution >= 0.6 is 0 Å². The molecule has 0 saturated carbocycles. The predicted octanol–water partition coefficient (Wildman–Crippen LogP) is -0.428. The molecule has 0 aromatic carbocycles. The van der Waals surface area contributed by atoms with Crippen molar-refractivity contribution in [3.05, 3.63) is 18.2 Å². The van der Waals surface area contributed by atoms with Gasteiger partial charge in [0.25, 0.3) is 0 Å². The summed E-state index contributed by atoms with van der Waals surface area (Å²) in [5, 5.41) is 12.1. The number of aliphatic hydroxyl groups excluding tert-OH is 1. The SMILES string of the molecule is CCOCCOCC(=O)NCCCC[C@H](CC(=O)[C@@H]([NH])Cc1cnc[nH]1)C(=O)C[C@@H](CO)C(N)=O. The zero-order chi connectivity index (χ0) is 26.1. The number of Topliss-reactive ketones (excluding diaryl/α,β-unsaturated/α-hetero) is 2. The molecule has 1 rings (SSSR count). The van der Waals surface area contributed by atoms with Crippen LogP contribution in [0, 0.1) is 11.8 Å². The Hall–Kier alpha value is -2.67. The number of aliphatic hydroxyl groups is 1. The molecule has 0 spiro atoms. The van der Waals surface area contributed by atoms with E-state index in [1.165, 1.54) is 12.5 Å².